The molecule has 0 fully saturated rings. The van der Waals surface area contributed by atoms with Crippen LogP contribution in [0.2, 0.25) is 0 Å². The number of rotatable bonds is 5. The molecule has 1 atom stereocenters. The molecule has 0 unspecified atom stereocenters. The Kier molecular flexibility index (Phi) is 7.74. The molecule has 0 radical (unpaired) electrons. The standard InChI is InChI=1S/C12H14O3/c1-3-11(13)9-7-5-4-6-8-10-12(14)15-2/h1,4-8,10-11,13H,9H2,2H3/b6-4+,7-5+,10-8+/t11-/m1/s1. The molecule has 0 saturated heterocycles. The second-order valence-corrected chi connectivity index (χ2v) is 2.61. The van der Waals surface area contributed by atoms with Crippen LogP contribution in [-0.2, 0) is 9.53 Å². The fourth-order valence-electron chi connectivity index (χ4n) is 0.685. The third-order valence-corrected chi connectivity index (χ3v) is 1.45. The Morgan fingerprint density at radius 1 is 1.47 bits per heavy atom. The van der Waals surface area contributed by atoms with Crippen molar-refractivity contribution in [2.45, 2.75) is 12.5 Å². The predicted octanol–water partition coefficient (Wildman–Crippen LogP) is 1.21. The summed E-state index contributed by atoms with van der Waals surface area (Å²) < 4.78 is 4.39. The van der Waals surface area contributed by atoms with Crippen LogP contribution in [0, 0.1) is 12.3 Å². The number of allylic oxidation sites excluding steroid dienone is 4. The third kappa shape index (κ3) is 8.54. The van der Waals surface area contributed by atoms with Crippen LogP contribution < -0.4 is 0 Å². The highest BCUT2D eigenvalue weighted by Crippen LogP contribution is 1.91. The van der Waals surface area contributed by atoms with Crippen LogP contribution in [0.5, 0.6) is 0 Å². The fraction of sp³-hybridized carbons (Fsp3) is 0.250. The average Bonchev–Trinajstić information content (AvgIpc) is 2.26. The van der Waals surface area contributed by atoms with E-state index in [4.69, 9.17) is 11.5 Å². The van der Waals surface area contributed by atoms with Crippen molar-refractivity contribution in [1.82, 2.24) is 0 Å². The van der Waals surface area contributed by atoms with Crippen molar-refractivity contribution in [1.29, 1.82) is 0 Å². The lowest BCUT2D eigenvalue weighted by Crippen LogP contribution is -1.98. The summed E-state index contributed by atoms with van der Waals surface area (Å²) in [6, 6.07) is 0. The van der Waals surface area contributed by atoms with Gasteiger partial charge in [-0.3, -0.25) is 0 Å². The van der Waals surface area contributed by atoms with E-state index in [0.717, 1.165) is 0 Å². The summed E-state index contributed by atoms with van der Waals surface area (Å²) in [6.45, 7) is 0. The lowest BCUT2D eigenvalue weighted by Gasteiger charge is -1.93. The van der Waals surface area contributed by atoms with E-state index in [1.54, 1.807) is 30.4 Å². The van der Waals surface area contributed by atoms with Crippen molar-refractivity contribution in [3.63, 3.8) is 0 Å². The van der Waals surface area contributed by atoms with Crippen molar-refractivity contribution < 1.29 is 14.6 Å². The molecule has 0 amide bonds. The second-order valence-electron chi connectivity index (χ2n) is 2.61. The Labute approximate surface area is 89.8 Å². The van der Waals surface area contributed by atoms with Gasteiger partial charge in [-0.2, -0.15) is 0 Å². The molecule has 0 aliphatic heterocycles. The van der Waals surface area contributed by atoms with Crippen molar-refractivity contribution in [3.8, 4) is 12.3 Å². The SMILES string of the molecule is C#C[C@@H](O)C/C=C/C=C/C=C/C(=O)OC. The molecule has 0 aliphatic rings. The summed E-state index contributed by atoms with van der Waals surface area (Å²) in [6.07, 6.45) is 14.4. The van der Waals surface area contributed by atoms with Gasteiger partial charge < -0.3 is 9.84 Å². The van der Waals surface area contributed by atoms with Gasteiger partial charge in [-0.05, 0) is 0 Å². The molecule has 0 bridgehead atoms. The number of methoxy groups -OCH3 is 1. The molecule has 0 aliphatic carbocycles. The van der Waals surface area contributed by atoms with Gasteiger partial charge in [0, 0.05) is 12.5 Å². The minimum absolute atomic E-state index is 0.397. The molecule has 0 heterocycles. The Morgan fingerprint density at radius 2 is 2.13 bits per heavy atom. The van der Waals surface area contributed by atoms with Crippen LogP contribution in [0.25, 0.3) is 0 Å². The number of hydrogen-bond acceptors (Lipinski definition) is 3. The molecule has 0 rings (SSSR count). The van der Waals surface area contributed by atoms with E-state index in [1.807, 2.05) is 0 Å². The first-order valence-corrected chi connectivity index (χ1v) is 4.42. The Morgan fingerprint density at radius 3 is 2.73 bits per heavy atom. The number of ether oxygens (including phenoxy) is 1. The maximum Gasteiger partial charge on any atom is 0.330 e. The number of aliphatic hydroxyl groups is 1. The monoisotopic (exact) mass is 206 g/mol. The molecular formula is C12H14O3. The van der Waals surface area contributed by atoms with Crippen LogP contribution in [0.1, 0.15) is 6.42 Å². The fourth-order valence-corrected chi connectivity index (χ4v) is 0.685. The highest BCUT2D eigenvalue weighted by atomic mass is 16.5. The summed E-state index contributed by atoms with van der Waals surface area (Å²) in [5, 5.41) is 8.98. The quantitative estimate of drug-likeness (QED) is 0.318. The first kappa shape index (κ1) is 13.2. The summed E-state index contributed by atoms with van der Waals surface area (Å²) in [7, 11) is 1.32. The first-order chi connectivity index (χ1) is 7.20. The highest BCUT2D eigenvalue weighted by Gasteiger charge is 1.90. The minimum Gasteiger partial charge on any atom is -0.466 e. The van der Waals surface area contributed by atoms with Gasteiger partial charge in [0.1, 0.15) is 6.10 Å². The van der Waals surface area contributed by atoms with Gasteiger partial charge in [0.05, 0.1) is 7.11 Å². The molecular weight excluding hydrogens is 192 g/mol. The van der Waals surface area contributed by atoms with E-state index >= 15 is 0 Å². The third-order valence-electron chi connectivity index (χ3n) is 1.45. The van der Waals surface area contributed by atoms with Gasteiger partial charge in [0.25, 0.3) is 0 Å². The molecule has 0 spiro atoms. The van der Waals surface area contributed by atoms with Crippen LogP contribution >= 0.6 is 0 Å². The summed E-state index contributed by atoms with van der Waals surface area (Å²) in [5.41, 5.74) is 0. The summed E-state index contributed by atoms with van der Waals surface area (Å²) in [5.74, 6) is 1.80. The average molecular weight is 206 g/mol. The highest BCUT2D eigenvalue weighted by molar-refractivity contribution is 5.82. The lowest BCUT2D eigenvalue weighted by atomic mass is 10.2. The van der Waals surface area contributed by atoms with Crippen LogP contribution in [0.3, 0.4) is 0 Å². The lowest BCUT2D eigenvalue weighted by molar-refractivity contribution is -0.134. The number of carbonyl (C=O) groups is 1. The van der Waals surface area contributed by atoms with Gasteiger partial charge in [0.2, 0.25) is 0 Å². The minimum atomic E-state index is -0.736. The number of terminal acetylenes is 1. The van der Waals surface area contributed by atoms with Crippen LogP contribution in [0.15, 0.2) is 36.5 Å². The maximum absolute atomic E-state index is 10.6. The largest absolute Gasteiger partial charge is 0.466 e. The normalized spacial score (nSPS) is 13.4. The van der Waals surface area contributed by atoms with Crippen molar-refractivity contribution >= 4 is 5.97 Å². The molecule has 0 aromatic carbocycles. The van der Waals surface area contributed by atoms with Crippen molar-refractivity contribution in [3.05, 3.63) is 36.5 Å². The van der Waals surface area contributed by atoms with Gasteiger partial charge in [-0.25, -0.2) is 4.79 Å². The zero-order valence-corrected chi connectivity index (χ0v) is 8.59. The number of carbonyl (C=O) groups excluding carboxylic acids is 1. The smallest absolute Gasteiger partial charge is 0.330 e. The molecule has 1 N–H and O–H groups in total. The molecule has 0 saturated carbocycles. The van der Waals surface area contributed by atoms with E-state index in [-0.39, 0.29) is 0 Å². The van der Waals surface area contributed by atoms with E-state index in [9.17, 15) is 4.79 Å². The topological polar surface area (TPSA) is 46.5 Å². The second kappa shape index (κ2) is 8.79. The summed E-state index contributed by atoms with van der Waals surface area (Å²) >= 11 is 0. The molecule has 0 aromatic heterocycles. The van der Waals surface area contributed by atoms with Crippen LogP contribution in [0.4, 0.5) is 0 Å². The molecule has 80 valence electrons. The maximum atomic E-state index is 10.6. The van der Waals surface area contributed by atoms with Crippen molar-refractivity contribution in [2.75, 3.05) is 7.11 Å². The van der Waals surface area contributed by atoms with Crippen LogP contribution in [-0.4, -0.2) is 24.3 Å². The van der Waals surface area contributed by atoms with Gasteiger partial charge >= 0.3 is 5.97 Å². The first-order valence-electron chi connectivity index (χ1n) is 4.42. The van der Waals surface area contributed by atoms with E-state index in [2.05, 4.69) is 10.7 Å². The Balaban J connectivity index is 3.76. The molecule has 0 aromatic rings. The van der Waals surface area contributed by atoms with Gasteiger partial charge in [0.15, 0.2) is 0 Å². The van der Waals surface area contributed by atoms with Crippen molar-refractivity contribution in [2.24, 2.45) is 0 Å². The zero-order chi connectivity index (χ0) is 11.5. The summed E-state index contributed by atoms with van der Waals surface area (Å²) in [4.78, 5) is 10.6. The Hall–Kier alpha value is -1.79. The number of aliphatic hydroxyl groups excluding tert-OH is 1. The van der Waals surface area contributed by atoms with E-state index in [1.165, 1.54) is 13.2 Å². The molecule has 3 nitrogen and oxygen atoms in total. The van der Waals surface area contributed by atoms with E-state index < -0.39 is 12.1 Å². The molecule has 15 heavy (non-hydrogen) atoms. The predicted molar refractivity (Wildman–Crippen MR) is 58.9 cm³/mol. The zero-order valence-electron chi connectivity index (χ0n) is 8.59. The van der Waals surface area contributed by atoms with Gasteiger partial charge in [-0.1, -0.05) is 36.3 Å². The van der Waals surface area contributed by atoms with E-state index in [0.29, 0.717) is 6.42 Å². The number of hydrogen-bond donors (Lipinski definition) is 1. The Bertz CT molecular complexity index is 305. The molecule has 3 heteroatoms. The number of esters is 1. The van der Waals surface area contributed by atoms with Gasteiger partial charge in [-0.15, -0.1) is 6.42 Å².